The molecule has 0 aliphatic rings. The van der Waals surface area contributed by atoms with Crippen molar-refractivity contribution >= 4 is 11.3 Å². The molecule has 4 heteroatoms. The lowest BCUT2D eigenvalue weighted by Crippen LogP contribution is -1.97. The molecule has 1 aromatic rings. The van der Waals surface area contributed by atoms with E-state index in [1.165, 1.54) is 11.3 Å². The summed E-state index contributed by atoms with van der Waals surface area (Å²) in [5, 5.41) is 13.8. The Hall–Kier alpha value is -0.900. The molecule has 0 atom stereocenters. The Morgan fingerprint density at radius 1 is 1.70 bits per heavy atom. The van der Waals surface area contributed by atoms with Gasteiger partial charge in [0.2, 0.25) is 6.54 Å². The van der Waals surface area contributed by atoms with Gasteiger partial charge in [0.15, 0.2) is 0 Å². The molecule has 0 aromatic carbocycles. The van der Waals surface area contributed by atoms with Crippen LogP contribution in [0.3, 0.4) is 0 Å². The highest BCUT2D eigenvalue weighted by Crippen LogP contribution is 2.13. The summed E-state index contributed by atoms with van der Waals surface area (Å²) in [5.41, 5.74) is 1.84. The van der Waals surface area contributed by atoms with Crippen LogP contribution in [-0.4, -0.2) is 4.92 Å². The van der Waals surface area contributed by atoms with Gasteiger partial charge in [-0.25, -0.2) is 0 Å². The van der Waals surface area contributed by atoms with Crippen LogP contribution < -0.4 is 0 Å². The van der Waals surface area contributed by atoms with Crippen molar-refractivity contribution in [3.8, 4) is 0 Å². The van der Waals surface area contributed by atoms with E-state index in [4.69, 9.17) is 0 Å². The Kier molecular flexibility index (Phi) is 2.01. The minimum atomic E-state index is -0.310. The van der Waals surface area contributed by atoms with Crippen LogP contribution in [0.1, 0.15) is 11.1 Å². The minimum Gasteiger partial charge on any atom is -0.264 e. The maximum absolute atomic E-state index is 10.0. The van der Waals surface area contributed by atoms with Crippen LogP contribution in [-0.2, 0) is 6.54 Å². The third-order valence-electron chi connectivity index (χ3n) is 1.26. The Morgan fingerprint density at radius 3 is 2.80 bits per heavy atom. The van der Waals surface area contributed by atoms with Gasteiger partial charge in [0.05, 0.1) is 0 Å². The van der Waals surface area contributed by atoms with Crippen molar-refractivity contribution in [1.82, 2.24) is 0 Å². The molecule has 0 unspecified atom stereocenters. The topological polar surface area (TPSA) is 43.1 Å². The molecule has 54 valence electrons. The molecule has 0 aliphatic heterocycles. The standard InChI is InChI=1S/C6H7NO2S/c1-5-3-10-4-6(5)2-7(8)9/h3-4H,2H2,1H3. The summed E-state index contributed by atoms with van der Waals surface area (Å²) in [4.78, 5) is 9.72. The Labute approximate surface area is 62.5 Å². The van der Waals surface area contributed by atoms with Crippen LogP contribution in [0.4, 0.5) is 0 Å². The predicted octanol–water partition coefficient (Wildman–Crippen LogP) is 1.83. The number of nitro groups is 1. The highest BCUT2D eigenvalue weighted by atomic mass is 32.1. The van der Waals surface area contributed by atoms with Gasteiger partial charge in [0, 0.05) is 15.9 Å². The first-order chi connectivity index (χ1) is 4.70. The average molecular weight is 157 g/mol. The first kappa shape index (κ1) is 7.21. The van der Waals surface area contributed by atoms with Crippen LogP contribution in [0.2, 0.25) is 0 Å². The van der Waals surface area contributed by atoms with Crippen molar-refractivity contribution < 1.29 is 4.92 Å². The number of aryl methyl sites for hydroxylation is 1. The SMILES string of the molecule is Cc1cscc1C[N+](=O)[O-]. The van der Waals surface area contributed by atoms with Crippen molar-refractivity contribution in [2.45, 2.75) is 13.5 Å². The average Bonchev–Trinajstić information content (AvgIpc) is 2.15. The fourth-order valence-corrected chi connectivity index (χ4v) is 1.54. The lowest BCUT2D eigenvalue weighted by atomic mass is 10.2. The minimum absolute atomic E-state index is 0.0463. The molecule has 0 spiro atoms. The summed E-state index contributed by atoms with van der Waals surface area (Å²) < 4.78 is 0. The second-order valence-electron chi connectivity index (χ2n) is 2.07. The lowest BCUT2D eigenvalue weighted by molar-refractivity contribution is -0.496. The Balaban J connectivity index is 2.74. The maximum Gasteiger partial charge on any atom is 0.229 e. The van der Waals surface area contributed by atoms with Gasteiger partial charge in [-0.1, -0.05) is 0 Å². The summed E-state index contributed by atoms with van der Waals surface area (Å²) in [6, 6.07) is 0. The number of thiophene rings is 1. The molecule has 0 N–H and O–H groups in total. The van der Waals surface area contributed by atoms with E-state index in [0.29, 0.717) is 0 Å². The van der Waals surface area contributed by atoms with Gasteiger partial charge in [0.25, 0.3) is 0 Å². The normalized spacial score (nSPS) is 9.70. The van der Waals surface area contributed by atoms with Crippen LogP contribution >= 0.6 is 11.3 Å². The number of hydrogen-bond acceptors (Lipinski definition) is 3. The van der Waals surface area contributed by atoms with E-state index < -0.39 is 0 Å². The molecule has 0 saturated heterocycles. The zero-order valence-corrected chi connectivity index (χ0v) is 6.35. The zero-order valence-electron chi connectivity index (χ0n) is 5.53. The van der Waals surface area contributed by atoms with Gasteiger partial charge in [0.1, 0.15) is 0 Å². The second kappa shape index (κ2) is 2.79. The summed E-state index contributed by atoms with van der Waals surface area (Å²) in [7, 11) is 0. The third-order valence-corrected chi connectivity index (χ3v) is 2.17. The maximum atomic E-state index is 10.0. The van der Waals surface area contributed by atoms with Crippen molar-refractivity contribution in [3.05, 3.63) is 32.0 Å². The summed E-state index contributed by atoms with van der Waals surface area (Å²) in [6.45, 7) is 1.84. The molecule has 0 saturated carbocycles. The smallest absolute Gasteiger partial charge is 0.229 e. The van der Waals surface area contributed by atoms with Crippen LogP contribution in [0.5, 0.6) is 0 Å². The van der Waals surface area contributed by atoms with Crippen LogP contribution in [0.25, 0.3) is 0 Å². The molecular formula is C6H7NO2S. The van der Waals surface area contributed by atoms with Gasteiger partial charge < -0.3 is 0 Å². The monoisotopic (exact) mass is 157 g/mol. The molecule has 0 bridgehead atoms. The molecule has 1 aromatic heterocycles. The van der Waals surface area contributed by atoms with Crippen molar-refractivity contribution in [2.75, 3.05) is 0 Å². The molecule has 0 amide bonds. The van der Waals surface area contributed by atoms with Gasteiger partial charge >= 0.3 is 0 Å². The van der Waals surface area contributed by atoms with Crippen LogP contribution in [0.15, 0.2) is 10.8 Å². The number of hydrogen-bond donors (Lipinski definition) is 0. The molecule has 0 fully saturated rings. The molecule has 1 rings (SSSR count). The van der Waals surface area contributed by atoms with Gasteiger partial charge in [-0.2, -0.15) is 11.3 Å². The fourth-order valence-electron chi connectivity index (χ4n) is 0.688. The predicted molar refractivity (Wildman–Crippen MR) is 39.8 cm³/mol. The highest BCUT2D eigenvalue weighted by Gasteiger charge is 2.04. The van der Waals surface area contributed by atoms with E-state index in [0.717, 1.165) is 11.1 Å². The summed E-state index contributed by atoms with van der Waals surface area (Å²) in [5.74, 6) is 0. The molecule has 3 nitrogen and oxygen atoms in total. The van der Waals surface area contributed by atoms with Gasteiger partial charge in [-0.05, 0) is 17.9 Å². The fraction of sp³-hybridized carbons (Fsp3) is 0.333. The number of nitrogens with zero attached hydrogens (tertiary/aromatic N) is 1. The van der Waals surface area contributed by atoms with E-state index in [1.54, 1.807) is 0 Å². The first-order valence-corrected chi connectivity index (χ1v) is 3.78. The van der Waals surface area contributed by atoms with Crippen molar-refractivity contribution in [2.24, 2.45) is 0 Å². The molecule has 10 heavy (non-hydrogen) atoms. The van der Waals surface area contributed by atoms with E-state index >= 15 is 0 Å². The van der Waals surface area contributed by atoms with Gasteiger partial charge in [-0.15, -0.1) is 0 Å². The van der Waals surface area contributed by atoms with E-state index in [1.807, 2.05) is 17.7 Å². The van der Waals surface area contributed by atoms with E-state index in [-0.39, 0.29) is 11.5 Å². The Morgan fingerprint density at radius 2 is 2.40 bits per heavy atom. The summed E-state index contributed by atoms with van der Waals surface area (Å²) in [6.07, 6.45) is 0. The lowest BCUT2D eigenvalue weighted by Gasteiger charge is -1.89. The zero-order chi connectivity index (χ0) is 7.56. The Bertz CT molecular complexity index is 244. The molecular weight excluding hydrogens is 150 g/mol. The van der Waals surface area contributed by atoms with E-state index in [2.05, 4.69) is 0 Å². The van der Waals surface area contributed by atoms with E-state index in [9.17, 15) is 10.1 Å². The quantitative estimate of drug-likeness (QED) is 0.485. The van der Waals surface area contributed by atoms with Gasteiger partial charge in [-0.3, -0.25) is 10.1 Å². The molecule has 1 heterocycles. The molecule has 0 radical (unpaired) electrons. The summed E-state index contributed by atoms with van der Waals surface area (Å²) >= 11 is 1.50. The highest BCUT2D eigenvalue weighted by molar-refractivity contribution is 7.08. The molecule has 0 aliphatic carbocycles. The second-order valence-corrected chi connectivity index (χ2v) is 2.81. The largest absolute Gasteiger partial charge is 0.264 e. The first-order valence-electron chi connectivity index (χ1n) is 2.83. The van der Waals surface area contributed by atoms with Crippen LogP contribution in [0, 0.1) is 17.0 Å². The van der Waals surface area contributed by atoms with Crippen molar-refractivity contribution in [1.29, 1.82) is 0 Å². The number of rotatable bonds is 2. The van der Waals surface area contributed by atoms with Crippen molar-refractivity contribution in [3.63, 3.8) is 0 Å². The third kappa shape index (κ3) is 1.54.